The van der Waals surface area contributed by atoms with Gasteiger partial charge in [0.15, 0.2) is 0 Å². The summed E-state index contributed by atoms with van der Waals surface area (Å²) < 4.78 is 5.59. The van der Waals surface area contributed by atoms with Crippen LogP contribution in [0.25, 0.3) is 0 Å². The maximum atomic E-state index is 12.6. The summed E-state index contributed by atoms with van der Waals surface area (Å²) in [6, 6.07) is 3.36. The molecule has 3 heterocycles. The Bertz CT molecular complexity index is 635. The Morgan fingerprint density at radius 3 is 3.08 bits per heavy atom. The highest BCUT2D eigenvalue weighted by molar-refractivity contribution is 5.95. The van der Waals surface area contributed by atoms with Crippen molar-refractivity contribution in [1.82, 2.24) is 20.1 Å². The van der Waals surface area contributed by atoms with Crippen LogP contribution in [0.15, 0.2) is 18.3 Å². The van der Waals surface area contributed by atoms with Gasteiger partial charge in [-0.3, -0.25) is 9.59 Å². The van der Waals surface area contributed by atoms with Gasteiger partial charge >= 0.3 is 0 Å². The quantitative estimate of drug-likeness (QED) is 0.829. The first kappa shape index (κ1) is 17.7. The third-order valence-corrected chi connectivity index (χ3v) is 4.83. The fraction of sp³-hybridized carbons (Fsp3) is 0.611. The van der Waals surface area contributed by atoms with Crippen LogP contribution in [0.3, 0.4) is 0 Å². The van der Waals surface area contributed by atoms with Gasteiger partial charge < -0.3 is 19.9 Å². The van der Waals surface area contributed by atoms with Gasteiger partial charge in [0.25, 0.3) is 5.91 Å². The number of pyridine rings is 1. The van der Waals surface area contributed by atoms with E-state index in [2.05, 4.69) is 10.3 Å². The largest absolute Gasteiger partial charge is 0.476 e. The average Bonchev–Trinajstić information content (AvgIpc) is 2.91. The highest BCUT2D eigenvalue weighted by Crippen LogP contribution is 2.28. The fourth-order valence-electron chi connectivity index (χ4n) is 3.49. The average molecular weight is 346 g/mol. The van der Waals surface area contributed by atoms with Crippen LogP contribution >= 0.6 is 0 Å². The topological polar surface area (TPSA) is 74.8 Å². The molecule has 1 aromatic rings. The van der Waals surface area contributed by atoms with Crippen molar-refractivity contribution in [2.45, 2.75) is 37.8 Å². The van der Waals surface area contributed by atoms with Gasteiger partial charge in [0.05, 0.1) is 12.1 Å². The predicted octanol–water partition coefficient (Wildman–Crippen LogP) is 0.905. The number of rotatable bonds is 6. The van der Waals surface area contributed by atoms with Crippen LogP contribution in [0.1, 0.15) is 36.0 Å². The molecule has 0 aliphatic carbocycles. The van der Waals surface area contributed by atoms with Crippen molar-refractivity contribution >= 4 is 11.8 Å². The number of carbonyl (C=O) groups excluding carboxylic acids is 2. The van der Waals surface area contributed by atoms with Gasteiger partial charge in [0, 0.05) is 37.3 Å². The molecule has 136 valence electrons. The number of nitrogens with one attached hydrogen (secondary N) is 1. The third-order valence-electron chi connectivity index (χ3n) is 4.83. The van der Waals surface area contributed by atoms with E-state index in [-0.39, 0.29) is 23.9 Å². The Hall–Kier alpha value is -2.15. The Labute approximate surface area is 148 Å². The van der Waals surface area contributed by atoms with Gasteiger partial charge in [-0.25, -0.2) is 4.98 Å². The molecule has 2 fully saturated rings. The van der Waals surface area contributed by atoms with E-state index in [9.17, 15) is 9.59 Å². The summed E-state index contributed by atoms with van der Waals surface area (Å²) in [6.45, 7) is 2.11. The van der Waals surface area contributed by atoms with Crippen LogP contribution in [0.2, 0.25) is 0 Å². The summed E-state index contributed by atoms with van der Waals surface area (Å²) in [5.41, 5.74) is 0.511. The lowest BCUT2D eigenvalue weighted by atomic mass is 9.99. The zero-order valence-electron chi connectivity index (χ0n) is 14.9. The summed E-state index contributed by atoms with van der Waals surface area (Å²) in [5.74, 6) is 0.416. The molecule has 1 N–H and O–H groups in total. The van der Waals surface area contributed by atoms with Crippen LogP contribution in [0, 0.1) is 0 Å². The van der Waals surface area contributed by atoms with Gasteiger partial charge in [-0.1, -0.05) is 0 Å². The van der Waals surface area contributed by atoms with Crippen molar-refractivity contribution in [1.29, 1.82) is 0 Å². The molecule has 2 saturated heterocycles. The maximum Gasteiger partial charge on any atom is 0.251 e. The molecule has 7 heteroatoms. The van der Waals surface area contributed by atoms with E-state index in [1.165, 1.54) is 0 Å². The summed E-state index contributed by atoms with van der Waals surface area (Å²) in [4.78, 5) is 32.8. The Morgan fingerprint density at radius 1 is 1.44 bits per heavy atom. The Balaban J connectivity index is 1.60. The van der Waals surface area contributed by atoms with Gasteiger partial charge in [-0.05, 0) is 39.4 Å². The zero-order valence-corrected chi connectivity index (χ0v) is 14.9. The highest BCUT2D eigenvalue weighted by Gasteiger charge is 2.41. The van der Waals surface area contributed by atoms with Crippen LogP contribution in [-0.4, -0.2) is 72.5 Å². The Kier molecular flexibility index (Phi) is 5.53. The summed E-state index contributed by atoms with van der Waals surface area (Å²) >= 11 is 0. The molecular formula is C18H26N4O3. The third kappa shape index (κ3) is 4.28. The van der Waals surface area contributed by atoms with E-state index in [0.29, 0.717) is 24.5 Å². The molecule has 2 amide bonds. The van der Waals surface area contributed by atoms with Gasteiger partial charge in [-0.15, -0.1) is 0 Å². The first-order valence-corrected chi connectivity index (χ1v) is 8.88. The standard InChI is InChI=1S/C18H26N4O3/c1-21(2)9-10-25-16-11-13(6-7-19-16)18(24)20-14-12-17(23)22-8-4-3-5-15(14)22/h6-7,11,14-15H,3-5,8-10,12H2,1-2H3,(H,20,24). The number of nitrogens with zero attached hydrogens (tertiary/aromatic N) is 3. The lowest BCUT2D eigenvalue weighted by Crippen LogP contribution is -2.47. The number of likely N-dealkylation sites (N-methyl/N-ethyl adjacent to an activating group) is 1. The van der Waals surface area contributed by atoms with E-state index < -0.39 is 0 Å². The minimum absolute atomic E-state index is 0.105. The van der Waals surface area contributed by atoms with Crippen molar-refractivity contribution < 1.29 is 14.3 Å². The van der Waals surface area contributed by atoms with E-state index in [0.717, 1.165) is 32.4 Å². The first-order valence-electron chi connectivity index (χ1n) is 8.88. The highest BCUT2D eigenvalue weighted by atomic mass is 16.5. The lowest BCUT2D eigenvalue weighted by molar-refractivity contribution is -0.129. The second-order valence-corrected chi connectivity index (χ2v) is 6.97. The zero-order chi connectivity index (χ0) is 17.8. The Morgan fingerprint density at radius 2 is 2.28 bits per heavy atom. The normalized spacial score (nSPS) is 22.8. The van der Waals surface area contributed by atoms with Crippen molar-refractivity contribution in [3.8, 4) is 5.88 Å². The number of hydrogen-bond donors (Lipinski definition) is 1. The maximum absolute atomic E-state index is 12.6. The molecule has 2 aliphatic rings. The van der Waals surface area contributed by atoms with Crippen molar-refractivity contribution in [3.63, 3.8) is 0 Å². The first-order chi connectivity index (χ1) is 12.0. The van der Waals surface area contributed by atoms with Crippen molar-refractivity contribution in [3.05, 3.63) is 23.9 Å². The number of ether oxygens (including phenoxy) is 1. The monoisotopic (exact) mass is 346 g/mol. The molecule has 2 unspecified atom stereocenters. The van der Waals surface area contributed by atoms with Crippen LogP contribution < -0.4 is 10.1 Å². The second kappa shape index (κ2) is 7.82. The summed E-state index contributed by atoms with van der Waals surface area (Å²) in [5, 5.41) is 3.03. The predicted molar refractivity (Wildman–Crippen MR) is 93.5 cm³/mol. The van der Waals surface area contributed by atoms with Gasteiger partial charge in [0.1, 0.15) is 6.61 Å². The van der Waals surface area contributed by atoms with Gasteiger partial charge in [-0.2, -0.15) is 0 Å². The van der Waals surface area contributed by atoms with Crippen molar-refractivity contribution in [2.24, 2.45) is 0 Å². The SMILES string of the molecule is CN(C)CCOc1cc(C(=O)NC2CC(=O)N3CCCCC23)ccn1. The van der Waals surface area contributed by atoms with Crippen LogP contribution in [-0.2, 0) is 4.79 Å². The fourth-order valence-corrected chi connectivity index (χ4v) is 3.49. The van der Waals surface area contributed by atoms with E-state index in [1.807, 2.05) is 23.9 Å². The molecule has 0 radical (unpaired) electrons. The molecule has 2 atom stereocenters. The molecule has 0 spiro atoms. The van der Waals surface area contributed by atoms with Gasteiger partial charge in [0.2, 0.25) is 11.8 Å². The minimum Gasteiger partial charge on any atom is -0.476 e. The summed E-state index contributed by atoms with van der Waals surface area (Å²) in [6.07, 6.45) is 5.10. The smallest absolute Gasteiger partial charge is 0.251 e. The molecule has 0 saturated carbocycles. The molecule has 3 rings (SSSR count). The lowest BCUT2D eigenvalue weighted by Gasteiger charge is -2.32. The molecule has 0 aromatic carbocycles. The molecule has 7 nitrogen and oxygen atoms in total. The molecular weight excluding hydrogens is 320 g/mol. The van der Waals surface area contributed by atoms with E-state index >= 15 is 0 Å². The molecule has 0 bridgehead atoms. The van der Waals surface area contributed by atoms with E-state index in [1.54, 1.807) is 18.3 Å². The number of fused-ring (bicyclic) bond motifs is 1. The molecule has 25 heavy (non-hydrogen) atoms. The summed E-state index contributed by atoms with van der Waals surface area (Å²) in [7, 11) is 3.94. The number of hydrogen-bond acceptors (Lipinski definition) is 5. The number of carbonyl (C=O) groups is 2. The van der Waals surface area contributed by atoms with Crippen LogP contribution in [0.4, 0.5) is 0 Å². The van der Waals surface area contributed by atoms with E-state index in [4.69, 9.17) is 4.74 Å². The number of aromatic nitrogens is 1. The molecule has 2 aliphatic heterocycles. The molecule has 1 aromatic heterocycles. The minimum atomic E-state index is -0.176. The number of piperidine rings is 1. The number of amides is 2. The van der Waals surface area contributed by atoms with Crippen LogP contribution in [0.5, 0.6) is 5.88 Å². The second-order valence-electron chi connectivity index (χ2n) is 6.97. The van der Waals surface area contributed by atoms with Crippen molar-refractivity contribution in [2.75, 3.05) is 33.8 Å².